The molecular formula is C14H22N2O2. The Morgan fingerprint density at radius 2 is 2.11 bits per heavy atom. The Morgan fingerprint density at radius 1 is 1.33 bits per heavy atom. The van der Waals surface area contributed by atoms with Gasteiger partial charge in [0.05, 0.1) is 13.3 Å². The molecule has 0 heterocycles. The number of methoxy groups -OCH3 is 1. The Morgan fingerprint density at radius 3 is 2.72 bits per heavy atom. The van der Waals surface area contributed by atoms with E-state index in [2.05, 4.69) is 24.2 Å². The first-order valence-corrected chi connectivity index (χ1v) is 6.14. The van der Waals surface area contributed by atoms with Crippen molar-refractivity contribution in [3.05, 3.63) is 29.3 Å². The van der Waals surface area contributed by atoms with E-state index in [4.69, 9.17) is 9.57 Å². The summed E-state index contributed by atoms with van der Waals surface area (Å²) in [4.78, 5) is 7.24. The molecular weight excluding hydrogens is 228 g/mol. The van der Waals surface area contributed by atoms with Gasteiger partial charge in [-0.3, -0.25) is 0 Å². The molecule has 0 amide bonds. The summed E-state index contributed by atoms with van der Waals surface area (Å²) in [5, 5.41) is 3.97. The van der Waals surface area contributed by atoms with Gasteiger partial charge in [-0.25, -0.2) is 0 Å². The summed E-state index contributed by atoms with van der Waals surface area (Å²) in [5.74, 6) is 0.812. The van der Waals surface area contributed by atoms with Crippen molar-refractivity contribution in [2.75, 3.05) is 34.4 Å². The van der Waals surface area contributed by atoms with Crippen molar-refractivity contribution in [2.45, 2.75) is 13.3 Å². The molecule has 0 fully saturated rings. The van der Waals surface area contributed by atoms with E-state index in [1.54, 1.807) is 13.3 Å². The third-order valence-electron chi connectivity index (χ3n) is 2.60. The van der Waals surface area contributed by atoms with Gasteiger partial charge in [-0.05, 0) is 38.2 Å². The average molecular weight is 250 g/mol. The number of rotatable bonds is 7. The van der Waals surface area contributed by atoms with E-state index in [1.807, 2.05) is 25.1 Å². The Labute approximate surface area is 109 Å². The number of oxime groups is 1. The second-order valence-corrected chi connectivity index (χ2v) is 4.30. The zero-order valence-corrected chi connectivity index (χ0v) is 11.6. The van der Waals surface area contributed by atoms with Gasteiger partial charge in [0.15, 0.2) is 0 Å². The van der Waals surface area contributed by atoms with E-state index < -0.39 is 0 Å². The summed E-state index contributed by atoms with van der Waals surface area (Å²) in [6.07, 6.45) is 2.69. The maximum absolute atomic E-state index is 5.29. The zero-order valence-electron chi connectivity index (χ0n) is 11.6. The topological polar surface area (TPSA) is 34.1 Å². The van der Waals surface area contributed by atoms with Gasteiger partial charge in [-0.1, -0.05) is 18.1 Å². The second kappa shape index (κ2) is 7.71. The highest BCUT2D eigenvalue weighted by molar-refractivity contribution is 5.83. The summed E-state index contributed by atoms with van der Waals surface area (Å²) in [5.41, 5.74) is 2.20. The van der Waals surface area contributed by atoms with Crippen molar-refractivity contribution < 1.29 is 9.57 Å². The van der Waals surface area contributed by atoms with Crippen LogP contribution in [0.15, 0.2) is 23.4 Å². The number of benzene rings is 1. The van der Waals surface area contributed by atoms with Crippen LogP contribution in [0.4, 0.5) is 0 Å². The molecule has 18 heavy (non-hydrogen) atoms. The molecule has 1 rings (SSSR count). The van der Waals surface area contributed by atoms with Crippen LogP contribution in [0, 0.1) is 0 Å². The standard InChI is InChI=1S/C14H22N2O2/c1-5-12-6-7-14(17-4)13(10-12)11-15-18-9-8-16(2)3/h6-7,10-11H,5,8-9H2,1-4H3/b15-11+. The molecule has 100 valence electrons. The van der Waals surface area contributed by atoms with Gasteiger partial charge in [0.25, 0.3) is 0 Å². The molecule has 4 nitrogen and oxygen atoms in total. The van der Waals surface area contributed by atoms with Crippen LogP contribution < -0.4 is 4.74 Å². The first kappa shape index (κ1) is 14.5. The highest BCUT2D eigenvalue weighted by Crippen LogP contribution is 2.18. The molecule has 0 aliphatic carbocycles. The summed E-state index contributed by atoms with van der Waals surface area (Å²) in [6.45, 7) is 3.55. The maximum Gasteiger partial charge on any atom is 0.129 e. The predicted molar refractivity (Wildman–Crippen MR) is 74.5 cm³/mol. The molecule has 0 N–H and O–H groups in total. The number of nitrogens with zero attached hydrogens (tertiary/aromatic N) is 2. The molecule has 0 aliphatic heterocycles. The van der Waals surface area contributed by atoms with E-state index in [9.17, 15) is 0 Å². The number of aryl methyl sites for hydroxylation is 1. The van der Waals surface area contributed by atoms with Crippen LogP contribution >= 0.6 is 0 Å². The third-order valence-corrected chi connectivity index (χ3v) is 2.60. The molecule has 4 heteroatoms. The SMILES string of the molecule is CCc1ccc(OC)c(/C=N/OCCN(C)C)c1. The molecule has 1 aromatic rings. The first-order valence-electron chi connectivity index (χ1n) is 6.14. The van der Waals surface area contributed by atoms with Gasteiger partial charge in [-0.2, -0.15) is 0 Å². The quantitative estimate of drug-likeness (QED) is 0.422. The lowest BCUT2D eigenvalue weighted by Gasteiger charge is -2.08. The van der Waals surface area contributed by atoms with Crippen molar-refractivity contribution in [3.8, 4) is 5.75 Å². The Balaban J connectivity index is 2.61. The lowest BCUT2D eigenvalue weighted by molar-refractivity contribution is 0.127. The van der Waals surface area contributed by atoms with Crippen LogP contribution in [0.1, 0.15) is 18.1 Å². The number of hydrogen-bond donors (Lipinski definition) is 0. The fraction of sp³-hybridized carbons (Fsp3) is 0.500. The smallest absolute Gasteiger partial charge is 0.129 e. The van der Waals surface area contributed by atoms with E-state index in [0.29, 0.717) is 6.61 Å². The molecule has 0 aliphatic rings. The van der Waals surface area contributed by atoms with E-state index in [1.165, 1.54) is 5.56 Å². The van der Waals surface area contributed by atoms with Crippen LogP contribution in [0.5, 0.6) is 5.75 Å². The highest BCUT2D eigenvalue weighted by Gasteiger charge is 2.01. The average Bonchev–Trinajstić information content (AvgIpc) is 2.37. The van der Waals surface area contributed by atoms with Crippen molar-refractivity contribution in [3.63, 3.8) is 0 Å². The molecule has 0 unspecified atom stereocenters. The number of hydrogen-bond acceptors (Lipinski definition) is 4. The molecule has 0 spiro atoms. The first-order chi connectivity index (χ1) is 8.67. The minimum absolute atomic E-state index is 0.583. The fourth-order valence-electron chi connectivity index (χ4n) is 1.47. The minimum Gasteiger partial charge on any atom is -0.496 e. The molecule has 0 saturated carbocycles. The van der Waals surface area contributed by atoms with Crippen LogP contribution in [0.2, 0.25) is 0 Å². The summed E-state index contributed by atoms with van der Waals surface area (Å²) < 4.78 is 5.29. The molecule has 0 aromatic heterocycles. The van der Waals surface area contributed by atoms with E-state index in [0.717, 1.165) is 24.3 Å². The van der Waals surface area contributed by atoms with Gasteiger partial charge in [0.1, 0.15) is 12.4 Å². The fourth-order valence-corrected chi connectivity index (χ4v) is 1.47. The predicted octanol–water partition coefficient (Wildman–Crippen LogP) is 2.17. The lowest BCUT2D eigenvalue weighted by atomic mass is 10.1. The molecule has 0 radical (unpaired) electrons. The Hall–Kier alpha value is -1.55. The van der Waals surface area contributed by atoms with Crippen molar-refractivity contribution in [1.29, 1.82) is 0 Å². The lowest BCUT2D eigenvalue weighted by Crippen LogP contribution is -2.16. The highest BCUT2D eigenvalue weighted by atomic mass is 16.6. The number of ether oxygens (including phenoxy) is 1. The van der Waals surface area contributed by atoms with Crippen LogP contribution in [-0.2, 0) is 11.3 Å². The summed E-state index contributed by atoms with van der Waals surface area (Å²) in [7, 11) is 5.66. The monoisotopic (exact) mass is 250 g/mol. The summed E-state index contributed by atoms with van der Waals surface area (Å²) >= 11 is 0. The van der Waals surface area contributed by atoms with Gasteiger partial charge in [0, 0.05) is 12.1 Å². The Bertz CT molecular complexity index is 389. The van der Waals surface area contributed by atoms with E-state index >= 15 is 0 Å². The third kappa shape index (κ3) is 4.75. The van der Waals surface area contributed by atoms with Crippen molar-refractivity contribution >= 4 is 6.21 Å². The van der Waals surface area contributed by atoms with Crippen LogP contribution in [-0.4, -0.2) is 45.5 Å². The molecule has 0 bridgehead atoms. The normalized spacial score (nSPS) is 11.2. The maximum atomic E-state index is 5.29. The van der Waals surface area contributed by atoms with Crippen molar-refractivity contribution in [1.82, 2.24) is 4.90 Å². The van der Waals surface area contributed by atoms with Gasteiger partial charge < -0.3 is 14.5 Å². The van der Waals surface area contributed by atoms with Gasteiger partial charge in [0.2, 0.25) is 0 Å². The second-order valence-electron chi connectivity index (χ2n) is 4.30. The zero-order chi connectivity index (χ0) is 13.4. The summed E-state index contributed by atoms with van der Waals surface area (Å²) in [6, 6.07) is 6.08. The van der Waals surface area contributed by atoms with Gasteiger partial charge >= 0.3 is 0 Å². The number of likely N-dealkylation sites (N-methyl/N-ethyl adjacent to an activating group) is 1. The van der Waals surface area contributed by atoms with Crippen LogP contribution in [0.25, 0.3) is 0 Å². The molecule has 0 atom stereocenters. The largest absolute Gasteiger partial charge is 0.496 e. The van der Waals surface area contributed by atoms with Crippen molar-refractivity contribution in [2.24, 2.45) is 5.16 Å². The minimum atomic E-state index is 0.583. The van der Waals surface area contributed by atoms with Crippen LogP contribution in [0.3, 0.4) is 0 Å². The molecule has 1 aromatic carbocycles. The Kier molecular flexibility index (Phi) is 6.22. The van der Waals surface area contributed by atoms with Gasteiger partial charge in [-0.15, -0.1) is 0 Å². The molecule has 0 saturated heterocycles. The van der Waals surface area contributed by atoms with E-state index in [-0.39, 0.29) is 0 Å².